The summed E-state index contributed by atoms with van der Waals surface area (Å²) in [5.41, 5.74) is 3.72. The summed E-state index contributed by atoms with van der Waals surface area (Å²) in [6.07, 6.45) is 7.26. The van der Waals surface area contributed by atoms with Crippen LogP contribution in [0.5, 0.6) is 0 Å². The Bertz CT molecular complexity index is 466. The minimum Gasteiger partial charge on any atom is -0.240 e. The molecule has 1 aliphatic carbocycles. The van der Waals surface area contributed by atoms with Gasteiger partial charge >= 0.3 is 0 Å². The van der Waals surface area contributed by atoms with Crippen LogP contribution in [0, 0.1) is 0 Å². The van der Waals surface area contributed by atoms with Crippen molar-refractivity contribution in [1.29, 1.82) is 0 Å². The maximum atomic E-state index is 4.42. The number of hydrogen-bond donors (Lipinski definition) is 0. The van der Waals surface area contributed by atoms with Gasteiger partial charge in [0.25, 0.3) is 0 Å². The highest BCUT2D eigenvalue weighted by molar-refractivity contribution is 5.68. The van der Waals surface area contributed by atoms with E-state index in [0.717, 1.165) is 12.1 Å². The second-order valence-electron chi connectivity index (χ2n) is 3.00. The normalized spacial score (nSPS) is 14.0. The lowest BCUT2D eigenvalue weighted by Crippen LogP contribution is -1.84. The second-order valence-corrected chi connectivity index (χ2v) is 3.00. The molecule has 0 saturated carbocycles. The summed E-state index contributed by atoms with van der Waals surface area (Å²) in [7, 11) is 0. The zero-order valence-corrected chi connectivity index (χ0v) is 6.57. The zero-order chi connectivity index (χ0) is 7.97. The minimum absolute atomic E-state index is 1.03. The summed E-state index contributed by atoms with van der Waals surface area (Å²) >= 11 is 0. The molecule has 2 aromatic rings. The highest BCUT2D eigenvalue weighted by Gasteiger charge is 2.11. The van der Waals surface area contributed by atoms with Crippen LogP contribution in [0.4, 0.5) is 0 Å². The Kier molecular flexibility index (Phi) is 0.987. The fraction of sp³-hybridized carbons (Fsp3) is 0.100. The van der Waals surface area contributed by atoms with E-state index in [-0.39, 0.29) is 0 Å². The standard InChI is InChI=1S/C10H8N2/c1-2-7-12-10(6-1)8-4-3-5-9(8)11-12/h1-3,5-7H,4H2. The monoisotopic (exact) mass is 156 g/mol. The van der Waals surface area contributed by atoms with Crippen LogP contribution in [0.1, 0.15) is 11.3 Å². The lowest BCUT2D eigenvalue weighted by molar-refractivity contribution is 0.954. The molecule has 3 rings (SSSR count). The highest BCUT2D eigenvalue weighted by atomic mass is 15.2. The number of nitrogens with zero attached hydrogens (tertiary/aromatic N) is 2. The van der Waals surface area contributed by atoms with Gasteiger partial charge in [0.05, 0.1) is 11.2 Å². The number of aromatic nitrogens is 2. The molecule has 58 valence electrons. The Morgan fingerprint density at radius 2 is 2.33 bits per heavy atom. The fourth-order valence-corrected chi connectivity index (χ4v) is 1.70. The van der Waals surface area contributed by atoms with Gasteiger partial charge in [-0.05, 0) is 24.6 Å². The van der Waals surface area contributed by atoms with Gasteiger partial charge in [-0.3, -0.25) is 0 Å². The van der Waals surface area contributed by atoms with Crippen molar-refractivity contribution in [2.24, 2.45) is 0 Å². The maximum Gasteiger partial charge on any atom is 0.0893 e. The minimum atomic E-state index is 1.03. The van der Waals surface area contributed by atoms with E-state index in [2.05, 4.69) is 29.4 Å². The van der Waals surface area contributed by atoms with Gasteiger partial charge in [0.2, 0.25) is 0 Å². The molecule has 0 amide bonds. The first-order valence-corrected chi connectivity index (χ1v) is 4.08. The molecular weight excluding hydrogens is 148 g/mol. The Hall–Kier alpha value is -1.57. The van der Waals surface area contributed by atoms with Gasteiger partial charge in [-0.15, -0.1) is 0 Å². The molecule has 0 spiro atoms. The van der Waals surface area contributed by atoms with Crippen molar-refractivity contribution in [1.82, 2.24) is 9.61 Å². The first-order valence-electron chi connectivity index (χ1n) is 4.08. The van der Waals surface area contributed by atoms with E-state index >= 15 is 0 Å². The van der Waals surface area contributed by atoms with Gasteiger partial charge in [-0.2, -0.15) is 5.10 Å². The topological polar surface area (TPSA) is 17.3 Å². The van der Waals surface area contributed by atoms with E-state index in [4.69, 9.17) is 0 Å². The molecular formula is C10H8N2. The average Bonchev–Trinajstić information content (AvgIpc) is 2.62. The lowest BCUT2D eigenvalue weighted by atomic mass is 10.2. The summed E-state index contributed by atoms with van der Waals surface area (Å²) in [6, 6.07) is 6.16. The molecule has 0 unspecified atom stereocenters. The summed E-state index contributed by atoms with van der Waals surface area (Å²) in [5.74, 6) is 0. The molecule has 0 aliphatic heterocycles. The number of pyridine rings is 1. The largest absolute Gasteiger partial charge is 0.240 e. The van der Waals surface area contributed by atoms with Crippen LogP contribution in [0.25, 0.3) is 11.6 Å². The molecule has 0 N–H and O–H groups in total. The van der Waals surface area contributed by atoms with Crippen molar-refractivity contribution < 1.29 is 0 Å². The van der Waals surface area contributed by atoms with Gasteiger partial charge in [0.1, 0.15) is 0 Å². The SMILES string of the molecule is C1=Cc2nn3ccccc3c2C1. The fourth-order valence-electron chi connectivity index (χ4n) is 1.70. The van der Waals surface area contributed by atoms with Gasteiger partial charge in [-0.25, -0.2) is 4.52 Å². The predicted octanol–water partition coefficient (Wildman–Crippen LogP) is 1.90. The molecule has 0 aromatic carbocycles. The molecule has 12 heavy (non-hydrogen) atoms. The summed E-state index contributed by atoms with van der Waals surface area (Å²) in [4.78, 5) is 0. The molecule has 1 aliphatic rings. The predicted molar refractivity (Wildman–Crippen MR) is 47.9 cm³/mol. The lowest BCUT2D eigenvalue weighted by Gasteiger charge is -1.91. The van der Waals surface area contributed by atoms with Gasteiger partial charge in [0.15, 0.2) is 0 Å². The zero-order valence-electron chi connectivity index (χ0n) is 6.57. The van der Waals surface area contributed by atoms with Crippen LogP contribution >= 0.6 is 0 Å². The third-order valence-corrected chi connectivity index (χ3v) is 2.27. The summed E-state index contributed by atoms with van der Waals surface area (Å²) in [6.45, 7) is 0. The van der Waals surface area contributed by atoms with Crippen LogP contribution in [-0.4, -0.2) is 9.61 Å². The molecule has 2 aromatic heterocycles. The Balaban J connectivity index is 2.49. The Labute approximate surface area is 70.1 Å². The number of hydrogen-bond acceptors (Lipinski definition) is 1. The van der Waals surface area contributed by atoms with E-state index in [1.54, 1.807) is 0 Å². The van der Waals surface area contributed by atoms with E-state index in [9.17, 15) is 0 Å². The van der Waals surface area contributed by atoms with Crippen LogP contribution < -0.4 is 0 Å². The molecule has 0 saturated heterocycles. The van der Waals surface area contributed by atoms with Crippen molar-refractivity contribution in [2.45, 2.75) is 6.42 Å². The average molecular weight is 156 g/mol. The van der Waals surface area contributed by atoms with E-state index in [1.807, 2.05) is 16.8 Å². The Morgan fingerprint density at radius 3 is 3.33 bits per heavy atom. The van der Waals surface area contributed by atoms with Crippen molar-refractivity contribution in [3.05, 3.63) is 41.7 Å². The van der Waals surface area contributed by atoms with Crippen LogP contribution in [0.15, 0.2) is 30.5 Å². The maximum absolute atomic E-state index is 4.42. The number of allylic oxidation sites excluding steroid dienone is 1. The van der Waals surface area contributed by atoms with E-state index < -0.39 is 0 Å². The molecule has 0 fully saturated rings. The highest BCUT2D eigenvalue weighted by Crippen LogP contribution is 2.22. The summed E-state index contributed by atoms with van der Waals surface area (Å²) in [5, 5.41) is 4.42. The molecule has 0 bridgehead atoms. The number of rotatable bonds is 0. The summed E-state index contributed by atoms with van der Waals surface area (Å²) < 4.78 is 1.94. The molecule has 0 atom stereocenters. The third-order valence-electron chi connectivity index (χ3n) is 2.27. The van der Waals surface area contributed by atoms with Gasteiger partial charge in [0, 0.05) is 11.8 Å². The van der Waals surface area contributed by atoms with E-state index in [1.165, 1.54) is 11.1 Å². The van der Waals surface area contributed by atoms with Crippen LogP contribution in [-0.2, 0) is 6.42 Å². The Morgan fingerprint density at radius 1 is 1.33 bits per heavy atom. The molecule has 2 heteroatoms. The first kappa shape index (κ1) is 6.00. The first-order chi connectivity index (χ1) is 5.95. The van der Waals surface area contributed by atoms with Crippen molar-refractivity contribution in [3.8, 4) is 0 Å². The van der Waals surface area contributed by atoms with E-state index in [0.29, 0.717) is 0 Å². The molecule has 0 radical (unpaired) electrons. The van der Waals surface area contributed by atoms with Crippen molar-refractivity contribution >= 4 is 11.6 Å². The smallest absolute Gasteiger partial charge is 0.0893 e. The van der Waals surface area contributed by atoms with Crippen LogP contribution in [0.2, 0.25) is 0 Å². The van der Waals surface area contributed by atoms with Crippen molar-refractivity contribution in [3.63, 3.8) is 0 Å². The third kappa shape index (κ3) is 0.619. The van der Waals surface area contributed by atoms with Gasteiger partial charge < -0.3 is 0 Å². The number of fused-ring (bicyclic) bond motifs is 3. The second kappa shape index (κ2) is 1.97. The van der Waals surface area contributed by atoms with Crippen LogP contribution in [0.3, 0.4) is 0 Å². The molecule has 2 nitrogen and oxygen atoms in total. The van der Waals surface area contributed by atoms with Crippen molar-refractivity contribution in [2.75, 3.05) is 0 Å². The van der Waals surface area contributed by atoms with Gasteiger partial charge in [-0.1, -0.05) is 12.1 Å². The molecule has 2 heterocycles. The quantitative estimate of drug-likeness (QED) is 0.569.